The van der Waals surface area contributed by atoms with Gasteiger partial charge in [-0.25, -0.2) is 4.98 Å². The highest BCUT2D eigenvalue weighted by molar-refractivity contribution is 5.97. The molecule has 1 amide bonds. The second-order valence-corrected chi connectivity index (χ2v) is 5.86. The molecule has 5 nitrogen and oxygen atoms in total. The van der Waals surface area contributed by atoms with Crippen LogP contribution in [0.25, 0.3) is 11.1 Å². The first kappa shape index (κ1) is 11.9. The van der Waals surface area contributed by atoms with Crippen LogP contribution in [0, 0.1) is 5.92 Å². The van der Waals surface area contributed by atoms with Crippen LogP contribution in [-0.4, -0.2) is 41.5 Å². The highest BCUT2D eigenvalue weighted by Crippen LogP contribution is 2.27. The number of benzene rings is 1. The molecule has 1 aromatic heterocycles. The maximum atomic E-state index is 12.3. The van der Waals surface area contributed by atoms with Crippen molar-refractivity contribution in [3.8, 4) is 0 Å². The third kappa shape index (κ3) is 2.08. The molecule has 0 spiro atoms. The van der Waals surface area contributed by atoms with E-state index in [0.29, 0.717) is 11.1 Å². The Balaban J connectivity index is 1.49. The lowest BCUT2D eigenvalue weighted by Crippen LogP contribution is -2.47. The molecule has 0 radical (unpaired) electrons. The summed E-state index contributed by atoms with van der Waals surface area (Å²) in [4.78, 5) is 18.8. The normalized spacial score (nSPS) is 28.7. The Bertz CT molecular complexity index is 639. The van der Waals surface area contributed by atoms with Crippen LogP contribution < -0.4 is 5.32 Å². The van der Waals surface area contributed by atoms with Crippen LogP contribution in [0.1, 0.15) is 23.2 Å². The smallest absolute Gasteiger partial charge is 0.251 e. The van der Waals surface area contributed by atoms with Crippen molar-refractivity contribution in [2.24, 2.45) is 5.92 Å². The molecule has 2 aliphatic rings. The predicted molar refractivity (Wildman–Crippen MR) is 74.4 cm³/mol. The fourth-order valence-corrected chi connectivity index (χ4v) is 3.43. The van der Waals surface area contributed by atoms with Gasteiger partial charge in [0.2, 0.25) is 0 Å². The Hall–Kier alpha value is -1.88. The number of fused-ring (bicyclic) bond motifs is 3. The van der Waals surface area contributed by atoms with Crippen molar-refractivity contribution in [1.29, 1.82) is 0 Å². The lowest BCUT2D eigenvalue weighted by atomic mass is 9.96. The lowest BCUT2D eigenvalue weighted by molar-refractivity contribution is 0.0909. The van der Waals surface area contributed by atoms with Crippen molar-refractivity contribution >= 4 is 17.0 Å². The minimum atomic E-state index is -0.0178. The van der Waals surface area contributed by atoms with Crippen LogP contribution in [0.2, 0.25) is 0 Å². The number of hydrogen-bond donors (Lipinski definition) is 1. The van der Waals surface area contributed by atoms with E-state index in [4.69, 9.17) is 4.42 Å². The molecule has 0 saturated carbocycles. The summed E-state index contributed by atoms with van der Waals surface area (Å²) in [6.07, 6.45) is 3.78. The maximum Gasteiger partial charge on any atom is 0.251 e. The van der Waals surface area contributed by atoms with E-state index in [1.165, 1.54) is 25.9 Å². The Labute approximate surface area is 117 Å². The van der Waals surface area contributed by atoms with Crippen LogP contribution in [0.5, 0.6) is 0 Å². The molecule has 20 heavy (non-hydrogen) atoms. The summed E-state index contributed by atoms with van der Waals surface area (Å²) in [5.41, 5.74) is 2.08. The molecule has 3 atom stereocenters. The number of hydrogen-bond acceptors (Lipinski definition) is 4. The quantitative estimate of drug-likeness (QED) is 0.902. The van der Waals surface area contributed by atoms with Gasteiger partial charge in [-0.3, -0.25) is 4.79 Å². The maximum absolute atomic E-state index is 12.3. The molecule has 2 fully saturated rings. The zero-order chi connectivity index (χ0) is 13.5. The van der Waals surface area contributed by atoms with Crippen LogP contribution in [0.4, 0.5) is 0 Å². The molecule has 1 N–H and O–H groups in total. The Morgan fingerprint density at radius 2 is 2.35 bits per heavy atom. The predicted octanol–water partition coefficient (Wildman–Crippen LogP) is 1.65. The summed E-state index contributed by atoms with van der Waals surface area (Å²) in [5.74, 6) is 0.738. The molecule has 2 aliphatic heterocycles. The zero-order valence-corrected chi connectivity index (χ0v) is 11.2. The first-order chi connectivity index (χ1) is 9.78. The summed E-state index contributed by atoms with van der Waals surface area (Å²) in [6, 6.07) is 5.66. The van der Waals surface area contributed by atoms with Crippen molar-refractivity contribution < 1.29 is 9.21 Å². The first-order valence-corrected chi connectivity index (χ1v) is 7.14. The van der Waals surface area contributed by atoms with Crippen molar-refractivity contribution in [2.75, 3.05) is 19.6 Å². The molecule has 1 aromatic carbocycles. The largest absolute Gasteiger partial charge is 0.443 e. The molecular formula is C15H17N3O2. The topological polar surface area (TPSA) is 58.4 Å². The van der Waals surface area contributed by atoms with Gasteiger partial charge in [0.05, 0.1) is 0 Å². The molecule has 0 aliphatic carbocycles. The van der Waals surface area contributed by atoms with Gasteiger partial charge in [-0.15, -0.1) is 0 Å². The van der Waals surface area contributed by atoms with Crippen LogP contribution in [-0.2, 0) is 0 Å². The summed E-state index contributed by atoms with van der Waals surface area (Å²) in [6.45, 7) is 3.37. The van der Waals surface area contributed by atoms with Gasteiger partial charge in [-0.2, -0.15) is 0 Å². The van der Waals surface area contributed by atoms with E-state index < -0.39 is 0 Å². The minimum absolute atomic E-state index is 0.0178. The van der Waals surface area contributed by atoms with E-state index in [1.807, 2.05) is 6.07 Å². The van der Waals surface area contributed by atoms with Crippen LogP contribution in [0.15, 0.2) is 29.0 Å². The van der Waals surface area contributed by atoms with E-state index in [0.717, 1.165) is 24.4 Å². The number of piperidine rings is 1. The van der Waals surface area contributed by atoms with E-state index in [1.54, 1.807) is 12.1 Å². The van der Waals surface area contributed by atoms with Crippen LogP contribution >= 0.6 is 0 Å². The van der Waals surface area contributed by atoms with Crippen LogP contribution in [0.3, 0.4) is 0 Å². The van der Waals surface area contributed by atoms with Gasteiger partial charge in [0.15, 0.2) is 12.0 Å². The number of nitrogens with one attached hydrogen (secondary N) is 1. The number of nitrogens with zero attached hydrogens (tertiary/aromatic N) is 2. The molecule has 2 aromatic rings. The Kier molecular flexibility index (Phi) is 2.73. The molecule has 5 heteroatoms. The monoisotopic (exact) mass is 271 g/mol. The first-order valence-electron chi connectivity index (χ1n) is 7.14. The summed E-state index contributed by atoms with van der Waals surface area (Å²) in [5, 5.41) is 3.15. The van der Waals surface area contributed by atoms with Gasteiger partial charge in [0.25, 0.3) is 5.91 Å². The summed E-state index contributed by atoms with van der Waals surface area (Å²) >= 11 is 0. The van der Waals surface area contributed by atoms with E-state index in [9.17, 15) is 4.79 Å². The number of carbonyl (C=O) groups excluding carboxylic acids is 1. The van der Waals surface area contributed by atoms with Gasteiger partial charge in [-0.1, -0.05) is 0 Å². The number of amides is 1. The molecular weight excluding hydrogens is 254 g/mol. The van der Waals surface area contributed by atoms with Gasteiger partial charge in [0.1, 0.15) is 5.52 Å². The minimum Gasteiger partial charge on any atom is -0.443 e. The average Bonchev–Trinajstić information content (AvgIpc) is 3.04. The second-order valence-electron chi connectivity index (χ2n) is 5.86. The fraction of sp³-hybridized carbons (Fsp3) is 0.467. The van der Waals surface area contributed by atoms with Crippen molar-refractivity contribution in [2.45, 2.75) is 18.9 Å². The van der Waals surface area contributed by atoms with Crippen molar-refractivity contribution in [3.63, 3.8) is 0 Å². The van der Waals surface area contributed by atoms with Gasteiger partial charge in [-0.05, 0) is 43.5 Å². The third-order valence-corrected chi connectivity index (χ3v) is 4.40. The van der Waals surface area contributed by atoms with Crippen molar-refractivity contribution in [3.05, 3.63) is 30.2 Å². The SMILES string of the molecule is O=C(N[C@@H]1C[C@H]2CCN(C2)C1)c1ccc2ncoc2c1. The lowest BCUT2D eigenvalue weighted by Gasteiger charge is -2.30. The number of rotatable bonds is 2. The Morgan fingerprint density at radius 1 is 1.40 bits per heavy atom. The Morgan fingerprint density at radius 3 is 3.25 bits per heavy atom. The van der Waals surface area contributed by atoms with Gasteiger partial charge < -0.3 is 14.6 Å². The summed E-state index contributed by atoms with van der Waals surface area (Å²) in [7, 11) is 0. The fourth-order valence-electron chi connectivity index (χ4n) is 3.43. The van der Waals surface area contributed by atoms with Gasteiger partial charge >= 0.3 is 0 Å². The van der Waals surface area contributed by atoms with Crippen molar-refractivity contribution in [1.82, 2.24) is 15.2 Å². The number of aromatic nitrogens is 1. The molecule has 2 saturated heterocycles. The number of oxazole rings is 1. The number of carbonyl (C=O) groups is 1. The van der Waals surface area contributed by atoms with E-state index >= 15 is 0 Å². The average molecular weight is 271 g/mol. The van der Waals surface area contributed by atoms with E-state index in [2.05, 4.69) is 15.2 Å². The van der Waals surface area contributed by atoms with E-state index in [-0.39, 0.29) is 11.9 Å². The second kappa shape index (κ2) is 4.59. The zero-order valence-electron chi connectivity index (χ0n) is 11.2. The summed E-state index contributed by atoms with van der Waals surface area (Å²) < 4.78 is 5.24. The molecule has 104 valence electrons. The third-order valence-electron chi connectivity index (χ3n) is 4.40. The molecule has 3 heterocycles. The molecule has 4 rings (SSSR count). The molecule has 1 unspecified atom stereocenters. The van der Waals surface area contributed by atoms with Gasteiger partial charge in [0, 0.05) is 24.7 Å². The highest BCUT2D eigenvalue weighted by atomic mass is 16.3. The standard InChI is InChI=1S/C15H17N3O2/c19-15(11-1-2-13-14(6-11)20-9-16-13)17-12-5-10-3-4-18(7-10)8-12/h1-2,6,9-10,12H,3-5,7-8H2,(H,17,19)/t10-,12-/m1/s1. The highest BCUT2D eigenvalue weighted by Gasteiger charge is 2.32. The molecule has 2 bridgehead atoms.